The molecule has 0 heterocycles. The van der Waals surface area contributed by atoms with Gasteiger partial charge in [0.1, 0.15) is 0 Å². The van der Waals surface area contributed by atoms with Gasteiger partial charge in [0, 0.05) is 26.1 Å². The van der Waals surface area contributed by atoms with Crippen LogP contribution in [0.5, 0.6) is 0 Å². The molecular formula is C11H23N3O2. The largest absolute Gasteiger partial charge is 0.354 e. The summed E-state index contributed by atoms with van der Waals surface area (Å²) in [7, 11) is 1.61. The number of hydrogen-bond acceptors (Lipinski definition) is 3. The highest BCUT2D eigenvalue weighted by Crippen LogP contribution is 1.98. The highest BCUT2D eigenvalue weighted by molar-refractivity contribution is 5.85. The highest BCUT2D eigenvalue weighted by Gasteiger charge is 2.17. The van der Waals surface area contributed by atoms with Gasteiger partial charge in [-0.1, -0.05) is 20.8 Å². The van der Waals surface area contributed by atoms with E-state index >= 15 is 0 Å². The van der Waals surface area contributed by atoms with Gasteiger partial charge in [0.25, 0.3) is 0 Å². The summed E-state index contributed by atoms with van der Waals surface area (Å²) >= 11 is 0. The number of hydrogen-bond donors (Lipinski definition) is 2. The maximum atomic E-state index is 11.6. The zero-order valence-electron chi connectivity index (χ0n) is 10.6. The Labute approximate surface area is 97.4 Å². The summed E-state index contributed by atoms with van der Waals surface area (Å²) in [6.45, 7) is 6.82. The molecule has 0 bridgehead atoms. The molecule has 0 spiro atoms. The second-order valence-corrected chi connectivity index (χ2v) is 4.53. The highest BCUT2D eigenvalue weighted by atomic mass is 16.2. The minimum absolute atomic E-state index is 0.0931. The Bertz CT molecular complexity index is 241. The Morgan fingerprint density at radius 1 is 1.31 bits per heavy atom. The summed E-state index contributed by atoms with van der Waals surface area (Å²) in [6.07, 6.45) is 0. The molecule has 0 aromatic heterocycles. The number of amides is 2. The van der Waals surface area contributed by atoms with Crippen LogP contribution in [-0.4, -0.2) is 43.4 Å². The number of likely N-dealkylation sites (N-methyl/N-ethyl adjacent to an activating group) is 1. The molecule has 5 nitrogen and oxygen atoms in total. The SMILES string of the molecule is CC(C)CNC(=O)CN(C)C(=O)C(C)CN. The summed E-state index contributed by atoms with van der Waals surface area (Å²) in [4.78, 5) is 24.5. The minimum Gasteiger partial charge on any atom is -0.354 e. The Morgan fingerprint density at radius 2 is 1.88 bits per heavy atom. The standard InChI is InChI=1S/C11H23N3O2/c1-8(2)6-13-10(15)7-14(4)11(16)9(3)5-12/h8-9H,5-7,12H2,1-4H3,(H,13,15). The molecule has 3 N–H and O–H groups in total. The first-order valence-corrected chi connectivity index (χ1v) is 5.60. The lowest BCUT2D eigenvalue weighted by Gasteiger charge is -2.20. The third-order valence-electron chi connectivity index (χ3n) is 2.24. The van der Waals surface area contributed by atoms with Crippen molar-refractivity contribution in [2.24, 2.45) is 17.6 Å². The number of carbonyl (C=O) groups excluding carboxylic acids is 2. The topological polar surface area (TPSA) is 75.4 Å². The number of nitrogens with zero attached hydrogens (tertiary/aromatic N) is 1. The van der Waals surface area contributed by atoms with Crippen molar-refractivity contribution in [3.05, 3.63) is 0 Å². The molecule has 16 heavy (non-hydrogen) atoms. The molecule has 94 valence electrons. The molecule has 5 heteroatoms. The maximum Gasteiger partial charge on any atom is 0.239 e. The molecule has 2 amide bonds. The molecule has 0 aromatic rings. The van der Waals surface area contributed by atoms with E-state index in [0.717, 1.165) is 0 Å². The van der Waals surface area contributed by atoms with Crippen LogP contribution in [0.4, 0.5) is 0 Å². The fourth-order valence-electron chi connectivity index (χ4n) is 1.14. The maximum absolute atomic E-state index is 11.6. The first kappa shape index (κ1) is 14.9. The lowest BCUT2D eigenvalue weighted by molar-refractivity contribution is -0.137. The molecule has 1 atom stereocenters. The minimum atomic E-state index is -0.233. The molecule has 0 saturated heterocycles. The van der Waals surface area contributed by atoms with Gasteiger partial charge in [-0.05, 0) is 5.92 Å². The Kier molecular flexibility index (Phi) is 6.72. The van der Waals surface area contributed by atoms with E-state index in [4.69, 9.17) is 5.73 Å². The van der Waals surface area contributed by atoms with Gasteiger partial charge in [-0.15, -0.1) is 0 Å². The molecule has 0 fully saturated rings. The van der Waals surface area contributed by atoms with E-state index in [0.29, 0.717) is 19.0 Å². The van der Waals surface area contributed by atoms with E-state index in [2.05, 4.69) is 5.32 Å². The Morgan fingerprint density at radius 3 is 2.31 bits per heavy atom. The molecular weight excluding hydrogens is 206 g/mol. The van der Waals surface area contributed by atoms with Crippen molar-refractivity contribution in [1.29, 1.82) is 0 Å². The van der Waals surface area contributed by atoms with Crippen molar-refractivity contribution >= 4 is 11.8 Å². The molecule has 0 aliphatic heterocycles. The van der Waals surface area contributed by atoms with Crippen molar-refractivity contribution in [2.45, 2.75) is 20.8 Å². The summed E-state index contributed by atoms with van der Waals surface area (Å²) < 4.78 is 0. The van der Waals surface area contributed by atoms with Crippen LogP contribution in [0, 0.1) is 11.8 Å². The summed E-state index contributed by atoms with van der Waals surface area (Å²) in [5, 5.41) is 2.76. The van der Waals surface area contributed by atoms with Crippen molar-refractivity contribution in [3.8, 4) is 0 Å². The van der Waals surface area contributed by atoms with Gasteiger partial charge in [-0.25, -0.2) is 0 Å². The molecule has 0 aliphatic rings. The van der Waals surface area contributed by atoms with E-state index in [1.807, 2.05) is 13.8 Å². The first-order valence-electron chi connectivity index (χ1n) is 5.60. The van der Waals surface area contributed by atoms with Crippen molar-refractivity contribution < 1.29 is 9.59 Å². The fraction of sp³-hybridized carbons (Fsp3) is 0.818. The monoisotopic (exact) mass is 229 g/mol. The molecule has 0 aliphatic carbocycles. The van der Waals surface area contributed by atoms with Crippen LogP contribution in [0.1, 0.15) is 20.8 Å². The van der Waals surface area contributed by atoms with Crippen molar-refractivity contribution in [2.75, 3.05) is 26.7 Å². The third-order valence-corrected chi connectivity index (χ3v) is 2.24. The van der Waals surface area contributed by atoms with Crippen LogP contribution in [0.15, 0.2) is 0 Å². The Balaban J connectivity index is 3.99. The fourth-order valence-corrected chi connectivity index (χ4v) is 1.14. The second kappa shape index (κ2) is 7.22. The second-order valence-electron chi connectivity index (χ2n) is 4.53. The van der Waals surface area contributed by atoms with E-state index in [-0.39, 0.29) is 24.3 Å². The van der Waals surface area contributed by atoms with Crippen molar-refractivity contribution in [1.82, 2.24) is 10.2 Å². The third kappa shape index (κ3) is 5.70. The van der Waals surface area contributed by atoms with Gasteiger partial charge >= 0.3 is 0 Å². The lowest BCUT2D eigenvalue weighted by Crippen LogP contribution is -2.42. The number of nitrogens with two attached hydrogens (primary N) is 1. The smallest absolute Gasteiger partial charge is 0.239 e. The van der Waals surface area contributed by atoms with Gasteiger partial charge < -0.3 is 16.0 Å². The summed E-state index contributed by atoms with van der Waals surface area (Å²) in [5.74, 6) is -0.0493. The van der Waals surface area contributed by atoms with Crippen LogP contribution in [0.3, 0.4) is 0 Å². The molecule has 0 rings (SSSR count). The quantitative estimate of drug-likeness (QED) is 0.663. The Hall–Kier alpha value is -1.10. The average Bonchev–Trinajstić information content (AvgIpc) is 2.24. The van der Waals surface area contributed by atoms with Gasteiger partial charge in [0.05, 0.1) is 6.54 Å². The van der Waals surface area contributed by atoms with Crippen LogP contribution >= 0.6 is 0 Å². The summed E-state index contributed by atoms with van der Waals surface area (Å²) in [5.41, 5.74) is 5.39. The van der Waals surface area contributed by atoms with Crippen LogP contribution in [0.25, 0.3) is 0 Å². The first-order chi connectivity index (χ1) is 7.38. The van der Waals surface area contributed by atoms with Gasteiger partial charge in [0.15, 0.2) is 0 Å². The van der Waals surface area contributed by atoms with Crippen LogP contribution in [-0.2, 0) is 9.59 Å². The van der Waals surface area contributed by atoms with E-state index in [1.54, 1.807) is 14.0 Å². The van der Waals surface area contributed by atoms with Crippen molar-refractivity contribution in [3.63, 3.8) is 0 Å². The van der Waals surface area contributed by atoms with E-state index < -0.39 is 0 Å². The molecule has 1 unspecified atom stereocenters. The number of rotatable bonds is 6. The van der Waals surface area contributed by atoms with E-state index in [9.17, 15) is 9.59 Å². The molecule has 0 aromatic carbocycles. The predicted octanol–water partition coefficient (Wildman–Crippen LogP) is -0.188. The molecule has 0 saturated carbocycles. The molecule has 0 radical (unpaired) electrons. The van der Waals surface area contributed by atoms with E-state index in [1.165, 1.54) is 4.90 Å². The number of nitrogens with one attached hydrogen (secondary N) is 1. The van der Waals surface area contributed by atoms with Crippen LogP contribution < -0.4 is 11.1 Å². The number of carbonyl (C=O) groups is 2. The lowest BCUT2D eigenvalue weighted by atomic mass is 10.1. The van der Waals surface area contributed by atoms with Crippen LogP contribution in [0.2, 0.25) is 0 Å². The normalized spacial score (nSPS) is 12.4. The summed E-state index contributed by atoms with van der Waals surface area (Å²) in [6, 6.07) is 0. The zero-order valence-corrected chi connectivity index (χ0v) is 10.6. The zero-order chi connectivity index (χ0) is 12.7. The average molecular weight is 229 g/mol. The van der Waals surface area contributed by atoms with Gasteiger partial charge in [0.2, 0.25) is 11.8 Å². The van der Waals surface area contributed by atoms with Gasteiger partial charge in [-0.3, -0.25) is 9.59 Å². The predicted molar refractivity (Wildman–Crippen MR) is 63.7 cm³/mol. The van der Waals surface area contributed by atoms with Gasteiger partial charge in [-0.2, -0.15) is 0 Å².